The van der Waals surface area contributed by atoms with E-state index in [1.54, 1.807) is 12.7 Å². The minimum atomic E-state index is 0.728. The first-order chi connectivity index (χ1) is 9.88. The van der Waals surface area contributed by atoms with E-state index in [-0.39, 0.29) is 0 Å². The van der Waals surface area contributed by atoms with Crippen molar-refractivity contribution >= 4 is 23.1 Å². The smallest absolute Gasteiger partial charge is 0.165 e. The Bertz CT molecular complexity index is 730. The second kappa shape index (κ2) is 5.52. The number of benzene rings is 1. The average molecular weight is 265 g/mol. The van der Waals surface area contributed by atoms with Crippen molar-refractivity contribution in [2.75, 3.05) is 12.4 Å². The van der Waals surface area contributed by atoms with Crippen LogP contribution < -0.4 is 5.32 Å². The lowest BCUT2D eigenvalue weighted by Gasteiger charge is -2.01. The van der Waals surface area contributed by atoms with E-state index in [4.69, 9.17) is 0 Å². The topological polar surface area (TPSA) is 55.6 Å². The summed E-state index contributed by atoms with van der Waals surface area (Å²) in [6.45, 7) is 0.728. The fraction of sp³-hybridized carbons (Fsp3) is 0.133. The average Bonchev–Trinajstić information content (AvgIpc) is 2.92. The largest absolute Gasteiger partial charge is 0.371 e. The third-order valence-corrected chi connectivity index (χ3v) is 3.05. The summed E-state index contributed by atoms with van der Waals surface area (Å²) < 4.78 is 2.00. The summed E-state index contributed by atoms with van der Waals surface area (Å²) >= 11 is 0. The van der Waals surface area contributed by atoms with Crippen LogP contribution >= 0.6 is 0 Å². The van der Waals surface area contributed by atoms with E-state index < -0.39 is 0 Å². The number of hydrogen-bond donors (Lipinski definition) is 1. The first-order valence-electron chi connectivity index (χ1n) is 6.43. The van der Waals surface area contributed by atoms with Gasteiger partial charge in [0.05, 0.1) is 6.33 Å². The van der Waals surface area contributed by atoms with Gasteiger partial charge in [-0.3, -0.25) is 0 Å². The van der Waals surface area contributed by atoms with Crippen LogP contribution in [0.3, 0.4) is 0 Å². The van der Waals surface area contributed by atoms with E-state index in [1.165, 1.54) is 5.56 Å². The Labute approximate surface area is 117 Å². The second-order valence-corrected chi connectivity index (χ2v) is 4.35. The van der Waals surface area contributed by atoms with Crippen molar-refractivity contribution < 1.29 is 0 Å². The van der Waals surface area contributed by atoms with Crippen molar-refractivity contribution in [2.45, 2.75) is 6.54 Å². The molecule has 5 heteroatoms. The molecule has 5 nitrogen and oxygen atoms in total. The van der Waals surface area contributed by atoms with Gasteiger partial charge in [0, 0.05) is 13.6 Å². The molecule has 2 aromatic heterocycles. The standard InChI is InChI=1S/C15H15N5/c1-16-14-13-15(18-10-17-14)20(11-19-13)9-5-8-12-6-3-2-4-7-12/h2-8,10-11H,9H2,1H3,(H,16,17,18)/b8-5+. The molecule has 0 aliphatic carbocycles. The van der Waals surface area contributed by atoms with E-state index in [9.17, 15) is 0 Å². The van der Waals surface area contributed by atoms with Crippen molar-refractivity contribution in [3.05, 3.63) is 54.6 Å². The second-order valence-electron chi connectivity index (χ2n) is 4.35. The minimum absolute atomic E-state index is 0.728. The summed E-state index contributed by atoms with van der Waals surface area (Å²) in [5.41, 5.74) is 2.81. The van der Waals surface area contributed by atoms with Crippen LogP contribution in [0.2, 0.25) is 0 Å². The molecule has 0 saturated heterocycles. The molecule has 0 unspecified atom stereocenters. The summed E-state index contributed by atoms with van der Waals surface area (Å²) in [5.74, 6) is 0.751. The van der Waals surface area contributed by atoms with Crippen LogP contribution in [0, 0.1) is 0 Å². The monoisotopic (exact) mass is 265 g/mol. The van der Waals surface area contributed by atoms with E-state index in [2.05, 4.69) is 44.6 Å². The van der Waals surface area contributed by atoms with Crippen molar-refractivity contribution in [2.24, 2.45) is 0 Å². The number of imidazole rings is 1. The molecule has 0 radical (unpaired) electrons. The number of rotatable bonds is 4. The number of anilines is 1. The molecular formula is C15H15N5. The number of nitrogens with one attached hydrogen (secondary N) is 1. The SMILES string of the molecule is CNc1ncnc2c1ncn2C/C=C/c1ccccc1. The molecule has 1 N–H and O–H groups in total. The Morgan fingerprint density at radius 3 is 2.80 bits per heavy atom. The lowest BCUT2D eigenvalue weighted by Crippen LogP contribution is -1.98. The molecule has 20 heavy (non-hydrogen) atoms. The van der Waals surface area contributed by atoms with Crippen LogP contribution in [0.25, 0.3) is 17.2 Å². The third kappa shape index (κ3) is 2.38. The molecule has 0 aliphatic rings. The molecule has 2 heterocycles. The summed E-state index contributed by atoms with van der Waals surface area (Å²) in [6.07, 6.45) is 7.52. The zero-order valence-electron chi connectivity index (χ0n) is 11.2. The Hall–Kier alpha value is -2.69. The summed E-state index contributed by atoms with van der Waals surface area (Å²) in [7, 11) is 1.83. The predicted octanol–water partition coefficient (Wildman–Crippen LogP) is 2.58. The maximum atomic E-state index is 4.36. The van der Waals surface area contributed by atoms with Crippen LogP contribution in [-0.2, 0) is 6.54 Å². The lowest BCUT2D eigenvalue weighted by atomic mass is 10.2. The first kappa shape index (κ1) is 12.3. The van der Waals surface area contributed by atoms with E-state index in [0.717, 1.165) is 23.5 Å². The van der Waals surface area contributed by atoms with Crippen molar-refractivity contribution in [3.8, 4) is 0 Å². The summed E-state index contributed by atoms with van der Waals surface area (Å²) in [6, 6.07) is 10.2. The number of hydrogen-bond acceptors (Lipinski definition) is 4. The van der Waals surface area contributed by atoms with Crippen LogP contribution in [0.1, 0.15) is 5.56 Å². The summed E-state index contributed by atoms with van der Waals surface area (Å²) in [5, 5.41) is 3.02. The van der Waals surface area contributed by atoms with Crippen molar-refractivity contribution in [1.82, 2.24) is 19.5 Å². The van der Waals surface area contributed by atoms with Gasteiger partial charge in [-0.15, -0.1) is 0 Å². The normalized spacial score (nSPS) is 11.2. The van der Waals surface area contributed by atoms with Gasteiger partial charge in [0.2, 0.25) is 0 Å². The Morgan fingerprint density at radius 2 is 2.00 bits per heavy atom. The van der Waals surface area contributed by atoms with Crippen LogP contribution in [0.15, 0.2) is 49.1 Å². The lowest BCUT2D eigenvalue weighted by molar-refractivity contribution is 0.839. The van der Waals surface area contributed by atoms with Gasteiger partial charge >= 0.3 is 0 Å². The molecule has 1 aromatic carbocycles. The molecule has 0 atom stereocenters. The van der Waals surface area contributed by atoms with Gasteiger partial charge in [-0.1, -0.05) is 42.5 Å². The van der Waals surface area contributed by atoms with Crippen LogP contribution in [0.4, 0.5) is 5.82 Å². The van der Waals surface area contributed by atoms with Crippen LogP contribution in [0.5, 0.6) is 0 Å². The van der Waals surface area contributed by atoms with Gasteiger partial charge < -0.3 is 9.88 Å². The highest BCUT2D eigenvalue weighted by Crippen LogP contribution is 2.16. The molecule has 0 spiro atoms. The number of allylic oxidation sites excluding steroid dienone is 1. The van der Waals surface area contributed by atoms with E-state index in [1.807, 2.05) is 29.8 Å². The third-order valence-electron chi connectivity index (χ3n) is 3.05. The van der Waals surface area contributed by atoms with E-state index >= 15 is 0 Å². The molecule has 3 rings (SSSR count). The molecule has 0 amide bonds. The van der Waals surface area contributed by atoms with Gasteiger partial charge in [-0.2, -0.15) is 0 Å². The summed E-state index contributed by atoms with van der Waals surface area (Å²) in [4.78, 5) is 12.8. The van der Waals surface area contributed by atoms with Gasteiger partial charge in [-0.05, 0) is 5.56 Å². The maximum Gasteiger partial charge on any atom is 0.165 e. The Morgan fingerprint density at radius 1 is 1.15 bits per heavy atom. The number of fused-ring (bicyclic) bond motifs is 1. The molecule has 0 fully saturated rings. The molecule has 100 valence electrons. The quantitative estimate of drug-likeness (QED) is 0.787. The predicted molar refractivity (Wildman–Crippen MR) is 80.3 cm³/mol. The minimum Gasteiger partial charge on any atom is -0.371 e. The Kier molecular flexibility index (Phi) is 3.41. The maximum absolute atomic E-state index is 4.36. The van der Waals surface area contributed by atoms with Crippen LogP contribution in [-0.4, -0.2) is 26.6 Å². The van der Waals surface area contributed by atoms with Crippen molar-refractivity contribution in [1.29, 1.82) is 0 Å². The highest BCUT2D eigenvalue weighted by Gasteiger charge is 2.07. The first-order valence-corrected chi connectivity index (χ1v) is 6.43. The highest BCUT2D eigenvalue weighted by molar-refractivity contribution is 5.82. The molecule has 0 saturated carbocycles. The fourth-order valence-corrected chi connectivity index (χ4v) is 2.06. The van der Waals surface area contributed by atoms with E-state index in [0.29, 0.717) is 0 Å². The van der Waals surface area contributed by atoms with Gasteiger partial charge in [0.25, 0.3) is 0 Å². The zero-order chi connectivity index (χ0) is 13.8. The number of nitrogens with zero attached hydrogens (tertiary/aromatic N) is 4. The highest BCUT2D eigenvalue weighted by atomic mass is 15.1. The molecular weight excluding hydrogens is 250 g/mol. The fourth-order valence-electron chi connectivity index (χ4n) is 2.06. The number of aromatic nitrogens is 4. The van der Waals surface area contributed by atoms with Crippen molar-refractivity contribution in [3.63, 3.8) is 0 Å². The molecule has 3 aromatic rings. The van der Waals surface area contributed by atoms with Gasteiger partial charge in [-0.25, -0.2) is 15.0 Å². The van der Waals surface area contributed by atoms with Gasteiger partial charge in [0.1, 0.15) is 11.8 Å². The molecule has 0 bridgehead atoms. The molecule has 0 aliphatic heterocycles. The van der Waals surface area contributed by atoms with Gasteiger partial charge in [0.15, 0.2) is 11.5 Å². The zero-order valence-corrected chi connectivity index (χ0v) is 11.2. The Balaban J connectivity index is 1.83.